The van der Waals surface area contributed by atoms with Crippen LogP contribution in [0.4, 0.5) is 0 Å². The monoisotopic (exact) mass is 566 g/mol. The molecule has 0 aliphatic carbocycles. The minimum Gasteiger partial charge on any atom is -0.386 e. The molecule has 1 saturated heterocycles. The molecule has 3 aromatic rings. The highest BCUT2D eigenvalue weighted by Gasteiger charge is 2.23. The molecule has 1 aliphatic rings. The van der Waals surface area contributed by atoms with Crippen molar-refractivity contribution < 1.29 is 9.84 Å². The zero-order valence-electron chi connectivity index (χ0n) is 18.2. The van der Waals surface area contributed by atoms with Crippen LogP contribution in [-0.4, -0.2) is 62.4 Å². The van der Waals surface area contributed by atoms with E-state index in [-0.39, 0.29) is 30.0 Å². The fourth-order valence-electron chi connectivity index (χ4n) is 3.90. The molecule has 6 nitrogen and oxygen atoms in total. The van der Waals surface area contributed by atoms with Crippen molar-refractivity contribution in [2.75, 3.05) is 46.4 Å². The van der Waals surface area contributed by atoms with Crippen LogP contribution >= 0.6 is 35.3 Å². The summed E-state index contributed by atoms with van der Waals surface area (Å²) in [4.78, 5) is 7.76. The van der Waals surface area contributed by atoms with Gasteiger partial charge in [0.2, 0.25) is 0 Å². The van der Waals surface area contributed by atoms with E-state index in [9.17, 15) is 5.11 Å². The second kappa shape index (κ2) is 12.5. The Morgan fingerprint density at radius 3 is 2.47 bits per heavy atom. The van der Waals surface area contributed by atoms with E-state index < -0.39 is 6.10 Å². The van der Waals surface area contributed by atoms with E-state index >= 15 is 0 Å². The van der Waals surface area contributed by atoms with Crippen LogP contribution in [0.5, 0.6) is 0 Å². The number of thiophene rings is 1. The van der Waals surface area contributed by atoms with Crippen molar-refractivity contribution in [1.82, 2.24) is 15.5 Å². The van der Waals surface area contributed by atoms with Gasteiger partial charge in [0, 0.05) is 42.8 Å². The molecule has 2 heterocycles. The summed E-state index contributed by atoms with van der Waals surface area (Å²) in [6, 6.07) is 21.0. The molecular weight excluding hydrogens is 535 g/mol. The molecule has 172 valence electrons. The number of nitrogens with one attached hydrogen (secondary N) is 2. The number of hydrogen-bond donors (Lipinski definition) is 3. The smallest absolute Gasteiger partial charge is 0.191 e. The largest absolute Gasteiger partial charge is 0.386 e. The minimum atomic E-state index is -0.583. The number of aliphatic hydroxyl groups is 1. The van der Waals surface area contributed by atoms with Crippen LogP contribution in [0.25, 0.3) is 10.1 Å². The third kappa shape index (κ3) is 6.41. The second-order valence-corrected chi connectivity index (χ2v) is 8.73. The number of benzene rings is 2. The second-order valence-electron chi connectivity index (χ2n) is 7.61. The summed E-state index contributed by atoms with van der Waals surface area (Å²) in [5, 5.41) is 18.6. The summed E-state index contributed by atoms with van der Waals surface area (Å²) in [7, 11) is 1.76. The van der Waals surface area contributed by atoms with Crippen LogP contribution in [0.15, 0.2) is 65.7 Å². The van der Waals surface area contributed by atoms with Gasteiger partial charge in [0.05, 0.1) is 19.3 Å². The third-order valence-corrected chi connectivity index (χ3v) is 6.81. The quantitative estimate of drug-likeness (QED) is 0.231. The van der Waals surface area contributed by atoms with Crippen LogP contribution in [0, 0.1) is 0 Å². The SMILES string of the molecule is CN=C(NCC(O)c1cc2ccccc2s1)NCC(c1ccccc1)N1CCOCC1.I. The lowest BCUT2D eigenvalue weighted by molar-refractivity contribution is 0.0170. The summed E-state index contributed by atoms with van der Waals surface area (Å²) in [5.74, 6) is 0.689. The van der Waals surface area contributed by atoms with Gasteiger partial charge in [-0.2, -0.15) is 0 Å². The van der Waals surface area contributed by atoms with Gasteiger partial charge in [0.1, 0.15) is 6.10 Å². The Hall–Kier alpha value is -1.72. The molecular formula is C24H31IN4O2S. The van der Waals surface area contributed by atoms with Crippen molar-refractivity contribution in [3.8, 4) is 0 Å². The standard InChI is InChI=1S/C24H30N4O2S.HI/c1-25-24(27-17-21(29)23-15-19-9-5-6-10-22(19)31-23)26-16-20(18-7-3-2-4-8-18)28-11-13-30-14-12-28;/h2-10,15,20-21,29H,11-14,16-17H2,1H3,(H2,25,26,27);1H. The Morgan fingerprint density at radius 2 is 1.75 bits per heavy atom. The first-order valence-corrected chi connectivity index (χ1v) is 11.5. The molecule has 0 radical (unpaired) electrons. The molecule has 0 saturated carbocycles. The maximum absolute atomic E-state index is 10.7. The molecule has 0 bridgehead atoms. The van der Waals surface area contributed by atoms with Gasteiger partial charge in [-0.15, -0.1) is 35.3 Å². The fraction of sp³-hybridized carbons (Fsp3) is 0.375. The highest BCUT2D eigenvalue weighted by Crippen LogP contribution is 2.29. The van der Waals surface area contributed by atoms with Crippen molar-refractivity contribution in [3.63, 3.8) is 0 Å². The van der Waals surface area contributed by atoms with Crippen LogP contribution in [0.3, 0.4) is 0 Å². The van der Waals surface area contributed by atoms with Gasteiger partial charge in [-0.1, -0.05) is 48.5 Å². The first-order valence-electron chi connectivity index (χ1n) is 10.7. The lowest BCUT2D eigenvalue weighted by Gasteiger charge is -2.35. The molecule has 1 aliphatic heterocycles. The Balaban J connectivity index is 0.00000289. The van der Waals surface area contributed by atoms with Crippen molar-refractivity contribution in [1.29, 1.82) is 0 Å². The number of aliphatic imine (C=N–C) groups is 1. The van der Waals surface area contributed by atoms with E-state index in [0.717, 1.165) is 37.7 Å². The number of nitrogens with zero attached hydrogens (tertiary/aromatic N) is 2. The van der Waals surface area contributed by atoms with E-state index in [1.54, 1.807) is 18.4 Å². The first kappa shape index (κ1) is 24.9. The lowest BCUT2D eigenvalue weighted by Crippen LogP contribution is -2.46. The fourth-order valence-corrected chi connectivity index (χ4v) is 4.95. The van der Waals surface area contributed by atoms with Gasteiger partial charge in [-0.25, -0.2) is 0 Å². The highest BCUT2D eigenvalue weighted by atomic mass is 127. The molecule has 2 atom stereocenters. The number of fused-ring (bicyclic) bond motifs is 1. The summed E-state index contributed by atoms with van der Waals surface area (Å²) >= 11 is 1.63. The van der Waals surface area contributed by atoms with Crippen molar-refractivity contribution >= 4 is 51.4 Å². The Labute approximate surface area is 210 Å². The molecule has 2 unspecified atom stereocenters. The zero-order valence-corrected chi connectivity index (χ0v) is 21.4. The Kier molecular flexibility index (Phi) is 9.73. The molecule has 4 rings (SSSR count). The summed E-state index contributed by atoms with van der Waals surface area (Å²) in [6.45, 7) is 4.48. The molecule has 32 heavy (non-hydrogen) atoms. The average Bonchev–Trinajstić information content (AvgIpc) is 3.27. The Bertz CT molecular complexity index is 959. The number of ether oxygens (including phenoxy) is 1. The zero-order chi connectivity index (χ0) is 21.5. The highest BCUT2D eigenvalue weighted by molar-refractivity contribution is 14.0. The third-order valence-electron chi connectivity index (χ3n) is 5.59. The molecule has 3 N–H and O–H groups in total. The van der Waals surface area contributed by atoms with Crippen LogP contribution < -0.4 is 10.6 Å². The van der Waals surface area contributed by atoms with Gasteiger partial charge in [-0.05, 0) is 23.1 Å². The summed E-state index contributed by atoms with van der Waals surface area (Å²) < 4.78 is 6.73. The molecule has 0 amide bonds. The predicted octanol–water partition coefficient (Wildman–Crippen LogP) is 3.79. The first-order chi connectivity index (χ1) is 15.2. The van der Waals surface area contributed by atoms with Gasteiger partial charge in [0.25, 0.3) is 0 Å². The van der Waals surface area contributed by atoms with Gasteiger partial charge < -0.3 is 20.5 Å². The number of halogens is 1. The minimum absolute atomic E-state index is 0. The van der Waals surface area contributed by atoms with E-state index in [1.807, 2.05) is 18.2 Å². The predicted molar refractivity (Wildman–Crippen MR) is 143 cm³/mol. The number of morpholine rings is 1. The van der Waals surface area contributed by atoms with Crippen molar-refractivity contribution in [3.05, 3.63) is 71.1 Å². The summed E-state index contributed by atoms with van der Waals surface area (Å²) in [5.41, 5.74) is 1.28. The number of hydrogen-bond acceptors (Lipinski definition) is 5. The maximum Gasteiger partial charge on any atom is 0.191 e. The molecule has 2 aromatic carbocycles. The molecule has 1 aromatic heterocycles. The van der Waals surface area contributed by atoms with Crippen molar-refractivity contribution in [2.24, 2.45) is 4.99 Å². The van der Waals surface area contributed by atoms with Gasteiger partial charge in [-0.3, -0.25) is 9.89 Å². The average molecular weight is 567 g/mol. The molecule has 8 heteroatoms. The number of aliphatic hydroxyl groups excluding tert-OH is 1. The van der Waals surface area contributed by atoms with Gasteiger partial charge >= 0.3 is 0 Å². The Morgan fingerprint density at radius 1 is 1.06 bits per heavy atom. The maximum atomic E-state index is 10.7. The van der Waals surface area contributed by atoms with E-state index in [1.165, 1.54) is 15.6 Å². The van der Waals surface area contributed by atoms with Gasteiger partial charge in [0.15, 0.2) is 5.96 Å². The van der Waals surface area contributed by atoms with E-state index in [2.05, 4.69) is 63.0 Å². The number of rotatable bonds is 7. The van der Waals surface area contributed by atoms with E-state index in [4.69, 9.17) is 4.74 Å². The topological polar surface area (TPSA) is 69.1 Å². The lowest BCUT2D eigenvalue weighted by atomic mass is 10.0. The number of guanidine groups is 1. The van der Waals surface area contributed by atoms with Crippen LogP contribution in [0.2, 0.25) is 0 Å². The molecule has 1 fully saturated rings. The van der Waals surface area contributed by atoms with Crippen LogP contribution in [-0.2, 0) is 4.74 Å². The van der Waals surface area contributed by atoms with Crippen LogP contribution in [0.1, 0.15) is 22.6 Å². The van der Waals surface area contributed by atoms with Crippen molar-refractivity contribution in [2.45, 2.75) is 12.1 Å². The normalized spacial score (nSPS) is 16.9. The summed E-state index contributed by atoms with van der Waals surface area (Å²) in [6.07, 6.45) is -0.583. The van der Waals surface area contributed by atoms with E-state index in [0.29, 0.717) is 12.5 Å². The molecule has 0 spiro atoms.